The number of hydrazine groups is 1. The second kappa shape index (κ2) is 6.09. The van der Waals surface area contributed by atoms with Crippen LogP contribution in [-0.4, -0.2) is 28.3 Å². The number of rotatable bonds is 4. The van der Waals surface area contributed by atoms with Crippen LogP contribution in [0.25, 0.3) is 0 Å². The molecule has 0 aliphatic carbocycles. The van der Waals surface area contributed by atoms with Gasteiger partial charge in [0.1, 0.15) is 5.56 Å². The number of nitro benzene ring substituents is 1. The minimum atomic E-state index is -0.534. The Hall–Kier alpha value is -2.15. The maximum Gasteiger partial charge on any atom is 0.282 e. The standard InChI is InChI=1S/C14H20N4O3/c1-9(2)12-4-3-7-17(12)14(19)11-8-10(16-15)5-6-13(11)18(20)21/h5-6,8-9,12,16H,3-4,7,15H2,1-2H3. The number of benzene rings is 1. The maximum atomic E-state index is 12.7. The van der Waals surface area contributed by atoms with Crippen LogP contribution in [0.2, 0.25) is 0 Å². The molecule has 7 nitrogen and oxygen atoms in total. The lowest BCUT2D eigenvalue weighted by Crippen LogP contribution is -2.38. The maximum absolute atomic E-state index is 12.7. The van der Waals surface area contributed by atoms with Gasteiger partial charge >= 0.3 is 0 Å². The van der Waals surface area contributed by atoms with Gasteiger partial charge in [-0.05, 0) is 30.9 Å². The molecule has 21 heavy (non-hydrogen) atoms. The predicted octanol–water partition coefficient (Wildman–Crippen LogP) is 2.14. The van der Waals surface area contributed by atoms with Gasteiger partial charge in [-0.3, -0.25) is 20.8 Å². The van der Waals surface area contributed by atoms with E-state index in [0.717, 1.165) is 12.8 Å². The van der Waals surface area contributed by atoms with Crippen molar-refractivity contribution in [1.29, 1.82) is 0 Å². The van der Waals surface area contributed by atoms with Crippen LogP contribution in [0.1, 0.15) is 37.0 Å². The summed E-state index contributed by atoms with van der Waals surface area (Å²) in [5.74, 6) is 5.36. The van der Waals surface area contributed by atoms with Gasteiger partial charge in [0.05, 0.1) is 4.92 Å². The summed E-state index contributed by atoms with van der Waals surface area (Å²) in [6.07, 6.45) is 1.86. The minimum absolute atomic E-state index is 0.0861. The number of hydrogen-bond acceptors (Lipinski definition) is 5. The van der Waals surface area contributed by atoms with Crippen LogP contribution in [0.3, 0.4) is 0 Å². The Kier molecular flexibility index (Phi) is 4.42. The number of carbonyl (C=O) groups excluding carboxylic acids is 1. The first kappa shape index (κ1) is 15.2. The van der Waals surface area contributed by atoms with Gasteiger partial charge in [-0.15, -0.1) is 0 Å². The van der Waals surface area contributed by atoms with E-state index >= 15 is 0 Å². The minimum Gasteiger partial charge on any atom is -0.335 e. The summed E-state index contributed by atoms with van der Waals surface area (Å²) in [5, 5.41) is 11.1. The van der Waals surface area contributed by atoms with Crippen molar-refractivity contribution in [2.75, 3.05) is 12.0 Å². The molecule has 1 amide bonds. The highest BCUT2D eigenvalue weighted by molar-refractivity contribution is 5.99. The monoisotopic (exact) mass is 292 g/mol. The Balaban J connectivity index is 2.39. The molecule has 0 spiro atoms. The topological polar surface area (TPSA) is 102 Å². The zero-order valence-corrected chi connectivity index (χ0v) is 12.2. The fourth-order valence-corrected chi connectivity index (χ4v) is 2.85. The molecule has 1 aromatic rings. The van der Waals surface area contributed by atoms with Crippen LogP contribution in [0.5, 0.6) is 0 Å². The van der Waals surface area contributed by atoms with Crippen molar-refractivity contribution in [3.63, 3.8) is 0 Å². The summed E-state index contributed by atoms with van der Waals surface area (Å²) in [6, 6.07) is 4.37. The van der Waals surface area contributed by atoms with Crippen molar-refractivity contribution in [2.24, 2.45) is 11.8 Å². The highest BCUT2D eigenvalue weighted by Gasteiger charge is 2.34. The van der Waals surface area contributed by atoms with E-state index in [1.807, 2.05) is 0 Å². The lowest BCUT2D eigenvalue weighted by molar-refractivity contribution is -0.385. The molecule has 3 N–H and O–H groups in total. The lowest BCUT2D eigenvalue weighted by Gasteiger charge is -2.27. The van der Waals surface area contributed by atoms with E-state index < -0.39 is 4.92 Å². The largest absolute Gasteiger partial charge is 0.335 e. The average molecular weight is 292 g/mol. The summed E-state index contributed by atoms with van der Waals surface area (Å²) >= 11 is 0. The third-order valence-corrected chi connectivity index (χ3v) is 3.92. The van der Waals surface area contributed by atoms with Crippen molar-refractivity contribution in [1.82, 2.24) is 4.90 Å². The first-order valence-electron chi connectivity index (χ1n) is 7.01. The average Bonchev–Trinajstić information content (AvgIpc) is 2.95. The van der Waals surface area contributed by atoms with E-state index in [1.54, 1.807) is 4.90 Å². The molecule has 7 heteroatoms. The summed E-state index contributed by atoms with van der Waals surface area (Å²) in [5.41, 5.74) is 2.80. The van der Waals surface area contributed by atoms with Gasteiger partial charge in [0.2, 0.25) is 0 Å². The first-order chi connectivity index (χ1) is 9.95. The van der Waals surface area contributed by atoms with Crippen LogP contribution in [0.15, 0.2) is 18.2 Å². The zero-order valence-electron chi connectivity index (χ0n) is 12.2. The normalized spacial score (nSPS) is 18.1. The number of hydrogen-bond donors (Lipinski definition) is 2. The predicted molar refractivity (Wildman–Crippen MR) is 79.8 cm³/mol. The molecule has 0 aromatic heterocycles. The van der Waals surface area contributed by atoms with Crippen molar-refractivity contribution in [3.8, 4) is 0 Å². The van der Waals surface area contributed by atoms with Crippen LogP contribution in [0, 0.1) is 16.0 Å². The van der Waals surface area contributed by atoms with Crippen LogP contribution in [0.4, 0.5) is 11.4 Å². The summed E-state index contributed by atoms with van der Waals surface area (Å²) in [6.45, 7) is 4.75. The number of nitrogens with one attached hydrogen (secondary N) is 1. The molecule has 0 radical (unpaired) electrons. The summed E-state index contributed by atoms with van der Waals surface area (Å²) in [7, 11) is 0. The van der Waals surface area contributed by atoms with E-state index in [-0.39, 0.29) is 23.2 Å². The second-order valence-electron chi connectivity index (χ2n) is 5.59. The molecule has 2 rings (SSSR count). The van der Waals surface area contributed by atoms with E-state index in [1.165, 1.54) is 18.2 Å². The molecule has 1 fully saturated rings. The quantitative estimate of drug-likeness (QED) is 0.503. The molecule has 1 aromatic carbocycles. The number of anilines is 1. The van der Waals surface area contributed by atoms with Gasteiger partial charge in [0.15, 0.2) is 0 Å². The zero-order chi connectivity index (χ0) is 15.6. The molecule has 0 saturated carbocycles. The van der Waals surface area contributed by atoms with Crippen molar-refractivity contribution in [3.05, 3.63) is 33.9 Å². The van der Waals surface area contributed by atoms with E-state index in [4.69, 9.17) is 5.84 Å². The van der Waals surface area contributed by atoms with Gasteiger partial charge in [-0.2, -0.15) is 0 Å². The third kappa shape index (κ3) is 2.97. The van der Waals surface area contributed by atoms with Gasteiger partial charge in [-0.1, -0.05) is 13.8 Å². The highest BCUT2D eigenvalue weighted by atomic mass is 16.6. The van der Waals surface area contributed by atoms with Crippen LogP contribution < -0.4 is 11.3 Å². The molecule has 1 aliphatic rings. The molecule has 1 aliphatic heterocycles. The number of nitrogens with zero attached hydrogens (tertiary/aromatic N) is 2. The Morgan fingerprint density at radius 2 is 2.24 bits per heavy atom. The summed E-state index contributed by atoms with van der Waals surface area (Å²) in [4.78, 5) is 25.1. The van der Waals surface area contributed by atoms with Gasteiger partial charge in [-0.25, -0.2) is 0 Å². The molecule has 1 saturated heterocycles. The Morgan fingerprint density at radius 3 is 2.81 bits per heavy atom. The van der Waals surface area contributed by atoms with E-state index in [0.29, 0.717) is 18.2 Å². The van der Waals surface area contributed by atoms with Crippen molar-refractivity contribution in [2.45, 2.75) is 32.7 Å². The van der Waals surface area contributed by atoms with Crippen LogP contribution >= 0.6 is 0 Å². The first-order valence-corrected chi connectivity index (χ1v) is 7.01. The van der Waals surface area contributed by atoms with Crippen molar-refractivity contribution >= 4 is 17.3 Å². The number of nitrogen functional groups attached to an aromatic ring is 1. The second-order valence-corrected chi connectivity index (χ2v) is 5.59. The molecular weight excluding hydrogens is 272 g/mol. The van der Waals surface area contributed by atoms with Crippen LogP contribution in [-0.2, 0) is 0 Å². The molecule has 114 valence electrons. The highest BCUT2D eigenvalue weighted by Crippen LogP contribution is 2.29. The lowest BCUT2D eigenvalue weighted by atomic mass is 10.0. The summed E-state index contributed by atoms with van der Waals surface area (Å²) < 4.78 is 0. The van der Waals surface area contributed by atoms with Crippen molar-refractivity contribution < 1.29 is 9.72 Å². The Bertz CT molecular complexity index is 559. The Labute approximate surface area is 123 Å². The van der Waals surface area contributed by atoms with Gasteiger partial charge in [0, 0.05) is 24.3 Å². The number of nitro groups is 1. The Morgan fingerprint density at radius 1 is 1.52 bits per heavy atom. The molecule has 1 atom stereocenters. The number of likely N-dealkylation sites (tertiary alicyclic amines) is 1. The number of amides is 1. The number of nitrogens with two attached hydrogens (primary N) is 1. The molecular formula is C14H20N4O3. The molecule has 0 bridgehead atoms. The van der Waals surface area contributed by atoms with Gasteiger partial charge < -0.3 is 10.3 Å². The number of carbonyl (C=O) groups is 1. The third-order valence-electron chi connectivity index (χ3n) is 3.92. The fraction of sp³-hybridized carbons (Fsp3) is 0.500. The van der Waals surface area contributed by atoms with Gasteiger partial charge in [0.25, 0.3) is 11.6 Å². The fourth-order valence-electron chi connectivity index (χ4n) is 2.85. The smallest absolute Gasteiger partial charge is 0.282 e. The SMILES string of the molecule is CC(C)C1CCCN1C(=O)c1cc(NN)ccc1[N+](=O)[O-]. The van der Waals surface area contributed by atoms with E-state index in [9.17, 15) is 14.9 Å². The molecule has 1 unspecified atom stereocenters. The van der Waals surface area contributed by atoms with E-state index in [2.05, 4.69) is 19.3 Å². The molecule has 1 heterocycles.